The summed E-state index contributed by atoms with van der Waals surface area (Å²) >= 11 is 0. The number of rotatable bonds is 8. The highest BCUT2D eigenvalue weighted by Crippen LogP contribution is 2.27. The van der Waals surface area contributed by atoms with Crippen LogP contribution in [0.3, 0.4) is 0 Å². The Labute approximate surface area is 165 Å². The van der Waals surface area contributed by atoms with Crippen LogP contribution in [0.1, 0.15) is 24.3 Å². The molecule has 1 aliphatic rings. The third-order valence-corrected chi connectivity index (χ3v) is 4.23. The average molecular weight is 385 g/mol. The number of amides is 1. The van der Waals surface area contributed by atoms with E-state index < -0.39 is 0 Å². The Morgan fingerprint density at radius 1 is 1.18 bits per heavy atom. The number of benzene rings is 1. The van der Waals surface area contributed by atoms with E-state index in [4.69, 9.17) is 9.47 Å². The lowest BCUT2D eigenvalue weighted by Gasteiger charge is -2.26. The SMILES string of the molecule is CC(C)Oc1ccccc1Nc1ccc(C(=O)NCCN2CCOCC2)nn1. The highest BCUT2D eigenvalue weighted by atomic mass is 16.5. The largest absolute Gasteiger partial charge is 0.489 e. The minimum Gasteiger partial charge on any atom is -0.489 e. The van der Waals surface area contributed by atoms with Gasteiger partial charge in [-0.1, -0.05) is 12.1 Å². The standard InChI is InChI=1S/C20H27N5O3/c1-15(2)28-18-6-4-3-5-16(18)22-19-8-7-17(23-24-19)20(26)21-9-10-25-11-13-27-14-12-25/h3-8,15H,9-14H2,1-2H3,(H,21,26)(H,22,24). The third kappa shape index (κ3) is 5.90. The Kier molecular flexibility index (Phi) is 7.16. The molecule has 3 rings (SSSR count). The van der Waals surface area contributed by atoms with Gasteiger partial charge < -0.3 is 20.1 Å². The van der Waals surface area contributed by atoms with Crippen LogP contribution in [0.25, 0.3) is 0 Å². The van der Waals surface area contributed by atoms with Crippen molar-refractivity contribution in [2.24, 2.45) is 0 Å². The first kappa shape index (κ1) is 20.0. The molecule has 2 aromatic rings. The van der Waals surface area contributed by atoms with Crippen molar-refractivity contribution in [1.29, 1.82) is 0 Å². The molecule has 0 saturated carbocycles. The second-order valence-electron chi connectivity index (χ2n) is 6.80. The zero-order valence-electron chi connectivity index (χ0n) is 16.4. The van der Waals surface area contributed by atoms with E-state index in [9.17, 15) is 4.79 Å². The molecule has 0 bridgehead atoms. The number of anilines is 2. The number of nitrogens with zero attached hydrogens (tertiary/aromatic N) is 3. The summed E-state index contributed by atoms with van der Waals surface area (Å²) in [5, 5.41) is 14.2. The lowest BCUT2D eigenvalue weighted by molar-refractivity contribution is 0.0383. The number of ether oxygens (including phenoxy) is 2. The van der Waals surface area contributed by atoms with Crippen LogP contribution in [0, 0.1) is 0 Å². The fraction of sp³-hybridized carbons (Fsp3) is 0.450. The molecule has 2 N–H and O–H groups in total. The van der Waals surface area contributed by atoms with Gasteiger partial charge in [-0.25, -0.2) is 0 Å². The number of aromatic nitrogens is 2. The van der Waals surface area contributed by atoms with Gasteiger partial charge in [0.05, 0.1) is 25.0 Å². The molecule has 28 heavy (non-hydrogen) atoms. The van der Waals surface area contributed by atoms with Gasteiger partial charge in [-0.2, -0.15) is 0 Å². The molecule has 1 aromatic heterocycles. The molecule has 2 heterocycles. The van der Waals surface area contributed by atoms with Crippen molar-refractivity contribution >= 4 is 17.4 Å². The van der Waals surface area contributed by atoms with Gasteiger partial charge >= 0.3 is 0 Å². The normalized spacial score (nSPS) is 14.7. The number of morpholine rings is 1. The van der Waals surface area contributed by atoms with Crippen molar-refractivity contribution in [2.75, 3.05) is 44.7 Å². The van der Waals surface area contributed by atoms with Crippen LogP contribution >= 0.6 is 0 Å². The minimum absolute atomic E-state index is 0.0672. The number of hydrogen-bond donors (Lipinski definition) is 2. The van der Waals surface area contributed by atoms with E-state index in [0.717, 1.165) is 44.3 Å². The first-order chi connectivity index (χ1) is 13.6. The number of hydrogen-bond acceptors (Lipinski definition) is 7. The van der Waals surface area contributed by atoms with Crippen LogP contribution in [-0.4, -0.2) is 66.5 Å². The Balaban J connectivity index is 1.52. The lowest BCUT2D eigenvalue weighted by Crippen LogP contribution is -2.41. The minimum atomic E-state index is -0.226. The molecule has 1 aromatic carbocycles. The van der Waals surface area contributed by atoms with Gasteiger partial charge in [-0.3, -0.25) is 9.69 Å². The molecule has 0 aliphatic carbocycles. The first-order valence-electron chi connectivity index (χ1n) is 9.56. The molecule has 1 fully saturated rings. The van der Waals surface area contributed by atoms with E-state index in [2.05, 4.69) is 25.7 Å². The van der Waals surface area contributed by atoms with E-state index in [1.54, 1.807) is 12.1 Å². The molecule has 0 spiro atoms. The molecule has 0 radical (unpaired) electrons. The molecular weight excluding hydrogens is 358 g/mol. The summed E-state index contributed by atoms with van der Waals surface area (Å²) in [6, 6.07) is 11.0. The van der Waals surface area contributed by atoms with Crippen molar-refractivity contribution in [3.63, 3.8) is 0 Å². The summed E-state index contributed by atoms with van der Waals surface area (Å²) in [4.78, 5) is 14.5. The van der Waals surface area contributed by atoms with Gasteiger partial charge in [0.2, 0.25) is 0 Å². The molecule has 1 aliphatic heterocycles. The van der Waals surface area contributed by atoms with Gasteiger partial charge in [0.25, 0.3) is 5.91 Å². The fourth-order valence-corrected chi connectivity index (χ4v) is 2.83. The van der Waals surface area contributed by atoms with E-state index in [0.29, 0.717) is 18.1 Å². The van der Waals surface area contributed by atoms with Gasteiger partial charge in [0, 0.05) is 26.2 Å². The number of carbonyl (C=O) groups is 1. The van der Waals surface area contributed by atoms with Crippen LogP contribution in [0.2, 0.25) is 0 Å². The van der Waals surface area contributed by atoms with Crippen molar-refractivity contribution in [1.82, 2.24) is 20.4 Å². The van der Waals surface area contributed by atoms with Crippen molar-refractivity contribution < 1.29 is 14.3 Å². The molecule has 1 amide bonds. The summed E-state index contributed by atoms with van der Waals surface area (Å²) < 4.78 is 11.1. The predicted molar refractivity (Wildman–Crippen MR) is 107 cm³/mol. The van der Waals surface area contributed by atoms with E-state index in [-0.39, 0.29) is 12.0 Å². The van der Waals surface area contributed by atoms with Crippen LogP contribution in [-0.2, 0) is 4.74 Å². The highest BCUT2D eigenvalue weighted by Gasteiger charge is 2.12. The highest BCUT2D eigenvalue weighted by molar-refractivity contribution is 5.92. The number of nitrogens with one attached hydrogen (secondary N) is 2. The molecule has 0 unspecified atom stereocenters. The summed E-state index contributed by atoms with van der Waals surface area (Å²) in [6.45, 7) is 8.62. The Hall–Kier alpha value is -2.71. The smallest absolute Gasteiger partial charge is 0.271 e. The van der Waals surface area contributed by atoms with Gasteiger partial charge in [-0.05, 0) is 38.1 Å². The maximum Gasteiger partial charge on any atom is 0.271 e. The molecular formula is C20H27N5O3. The van der Waals surface area contributed by atoms with E-state index in [1.165, 1.54) is 0 Å². The zero-order chi connectivity index (χ0) is 19.8. The molecule has 8 heteroatoms. The van der Waals surface area contributed by atoms with E-state index >= 15 is 0 Å². The van der Waals surface area contributed by atoms with Crippen LogP contribution in [0.15, 0.2) is 36.4 Å². The fourth-order valence-electron chi connectivity index (χ4n) is 2.83. The number of para-hydroxylation sites is 2. The van der Waals surface area contributed by atoms with Gasteiger partial charge in [0.15, 0.2) is 11.5 Å². The van der Waals surface area contributed by atoms with Crippen LogP contribution in [0.5, 0.6) is 5.75 Å². The monoisotopic (exact) mass is 385 g/mol. The Bertz CT molecular complexity index is 761. The van der Waals surface area contributed by atoms with Gasteiger partial charge in [-0.15, -0.1) is 10.2 Å². The van der Waals surface area contributed by atoms with Crippen molar-refractivity contribution in [3.8, 4) is 5.75 Å². The second-order valence-corrected chi connectivity index (χ2v) is 6.80. The predicted octanol–water partition coefficient (Wildman–Crippen LogP) is 2.07. The molecule has 150 valence electrons. The van der Waals surface area contributed by atoms with Crippen LogP contribution in [0.4, 0.5) is 11.5 Å². The van der Waals surface area contributed by atoms with Gasteiger partial charge in [0.1, 0.15) is 5.75 Å². The average Bonchev–Trinajstić information content (AvgIpc) is 2.70. The van der Waals surface area contributed by atoms with Crippen molar-refractivity contribution in [2.45, 2.75) is 20.0 Å². The van der Waals surface area contributed by atoms with Crippen LogP contribution < -0.4 is 15.4 Å². The van der Waals surface area contributed by atoms with E-state index in [1.807, 2.05) is 38.1 Å². The lowest BCUT2D eigenvalue weighted by atomic mass is 10.3. The Morgan fingerprint density at radius 3 is 2.68 bits per heavy atom. The molecule has 1 saturated heterocycles. The summed E-state index contributed by atoms with van der Waals surface area (Å²) in [7, 11) is 0. The summed E-state index contributed by atoms with van der Waals surface area (Å²) in [5.74, 6) is 1.06. The maximum absolute atomic E-state index is 12.2. The topological polar surface area (TPSA) is 88.6 Å². The summed E-state index contributed by atoms with van der Waals surface area (Å²) in [6.07, 6.45) is 0.0672. The summed E-state index contributed by atoms with van der Waals surface area (Å²) in [5.41, 5.74) is 1.09. The maximum atomic E-state index is 12.2. The zero-order valence-corrected chi connectivity index (χ0v) is 16.4. The second kappa shape index (κ2) is 10.0. The number of carbonyl (C=O) groups excluding carboxylic acids is 1. The van der Waals surface area contributed by atoms with Crippen molar-refractivity contribution in [3.05, 3.63) is 42.1 Å². The Morgan fingerprint density at radius 2 is 1.96 bits per heavy atom. The third-order valence-electron chi connectivity index (χ3n) is 4.23. The first-order valence-corrected chi connectivity index (χ1v) is 9.56. The quantitative estimate of drug-likeness (QED) is 0.719. The molecule has 8 nitrogen and oxygen atoms in total. The molecule has 0 atom stereocenters.